The number of aromatic amines is 1. The van der Waals surface area contributed by atoms with Crippen LogP contribution in [0.5, 0.6) is 5.75 Å². The summed E-state index contributed by atoms with van der Waals surface area (Å²) >= 11 is 6.22. The average Bonchev–Trinajstić information content (AvgIpc) is 3.20. The van der Waals surface area contributed by atoms with Gasteiger partial charge in [0.05, 0.1) is 6.04 Å². The van der Waals surface area contributed by atoms with E-state index >= 15 is 0 Å². The molecule has 0 radical (unpaired) electrons. The van der Waals surface area contributed by atoms with E-state index < -0.39 is 32.6 Å². The van der Waals surface area contributed by atoms with Crippen molar-refractivity contribution in [3.63, 3.8) is 0 Å². The summed E-state index contributed by atoms with van der Waals surface area (Å²) < 4.78 is 54.3. The number of phenols is 1. The number of nitrogens with zero attached hydrogens (tertiary/aromatic N) is 1. The van der Waals surface area contributed by atoms with E-state index in [0.29, 0.717) is 29.6 Å². The first-order valence-corrected chi connectivity index (χ1v) is 13.3. The summed E-state index contributed by atoms with van der Waals surface area (Å²) in [5.74, 6) is -2.40. The van der Waals surface area contributed by atoms with E-state index in [9.17, 15) is 27.1 Å². The molecule has 1 aliphatic heterocycles. The summed E-state index contributed by atoms with van der Waals surface area (Å²) in [6, 6.07) is 13.7. The molecule has 0 spiro atoms. The van der Waals surface area contributed by atoms with Gasteiger partial charge in [-0.3, -0.25) is 4.79 Å². The van der Waals surface area contributed by atoms with Gasteiger partial charge in [-0.25, -0.2) is 21.9 Å². The number of aromatic hydroxyl groups is 1. The van der Waals surface area contributed by atoms with Crippen LogP contribution in [0.15, 0.2) is 65.6 Å². The number of hydrogen-bond acceptors (Lipinski definition) is 4. The van der Waals surface area contributed by atoms with Crippen LogP contribution in [0.2, 0.25) is 5.02 Å². The van der Waals surface area contributed by atoms with Crippen LogP contribution in [-0.2, 0) is 21.2 Å². The van der Waals surface area contributed by atoms with Gasteiger partial charge in [-0.05, 0) is 60.0 Å². The predicted molar refractivity (Wildman–Crippen MR) is 135 cm³/mol. The van der Waals surface area contributed by atoms with Crippen LogP contribution in [0.1, 0.15) is 29.3 Å². The van der Waals surface area contributed by atoms with Crippen molar-refractivity contribution < 1.29 is 27.1 Å². The summed E-state index contributed by atoms with van der Waals surface area (Å²) in [7, 11) is -4.29. The second-order valence-electron chi connectivity index (χ2n) is 8.76. The Hall–Kier alpha value is -3.47. The molecule has 0 aliphatic carbocycles. The molecule has 0 saturated carbocycles. The highest BCUT2D eigenvalue weighted by molar-refractivity contribution is 7.89. The second kappa shape index (κ2) is 9.77. The van der Waals surface area contributed by atoms with Crippen molar-refractivity contribution in [2.24, 2.45) is 0 Å². The number of phenolic OH excluding ortho intramolecular Hbond substituents is 1. The molecule has 0 bridgehead atoms. The van der Waals surface area contributed by atoms with Crippen molar-refractivity contribution in [2.45, 2.75) is 23.8 Å². The first-order valence-electron chi connectivity index (χ1n) is 11.5. The maximum Gasteiger partial charge on any atom is 0.243 e. The number of aromatic nitrogens is 1. The monoisotopic (exact) mass is 545 g/mol. The number of nitrogens with one attached hydrogen (secondary N) is 2. The fourth-order valence-corrected chi connectivity index (χ4v) is 6.04. The van der Waals surface area contributed by atoms with E-state index in [0.717, 1.165) is 34.3 Å². The summed E-state index contributed by atoms with van der Waals surface area (Å²) in [6.07, 6.45) is 0.349. The van der Waals surface area contributed by atoms with Gasteiger partial charge >= 0.3 is 0 Å². The van der Waals surface area contributed by atoms with Crippen LogP contribution in [-0.4, -0.2) is 42.4 Å². The maximum absolute atomic E-state index is 14.0. The zero-order chi connectivity index (χ0) is 26.3. The van der Waals surface area contributed by atoms with E-state index in [1.165, 1.54) is 6.07 Å². The van der Waals surface area contributed by atoms with Gasteiger partial charge in [-0.2, -0.15) is 0 Å². The Labute approximate surface area is 216 Å². The lowest BCUT2D eigenvalue weighted by molar-refractivity contribution is -0.133. The molecule has 3 aromatic carbocycles. The molecular formula is C26H22ClF2N3O4S. The summed E-state index contributed by atoms with van der Waals surface area (Å²) in [6.45, 7) is 0.0708. The van der Waals surface area contributed by atoms with Gasteiger partial charge in [0.1, 0.15) is 22.3 Å². The minimum absolute atomic E-state index is 0.0465. The summed E-state index contributed by atoms with van der Waals surface area (Å²) in [5.41, 5.74) is 3.35. The highest BCUT2D eigenvalue weighted by atomic mass is 35.5. The molecule has 0 fully saturated rings. The third-order valence-corrected chi connectivity index (χ3v) is 8.14. The molecule has 4 aromatic rings. The van der Waals surface area contributed by atoms with E-state index in [1.54, 1.807) is 29.2 Å². The number of fused-ring (bicyclic) bond motifs is 3. The Kier molecular flexibility index (Phi) is 6.65. The van der Waals surface area contributed by atoms with Crippen LogP contribution in [0, 0.1) is 11.6 Å². The van der Waals surface area contributed by atoms with E-state index in [1.807, 2.05) is 12.1 Å². The van der Waals surface area contributed by atoms with Gasteiger partial charge in [0, 0.05) is 47.2 Å². The molecule has 1 unspecified atom stereocenters. The molecule has 192 valence electrons. The van der Waals surface area contributed by atoms with Crippen LogP contribution in [0.4, 0.5) is 8.78 Å². The summed E-state index contributed by atoms with van der Waals surface area (Å²) in [4.78, 5) is 17.7. The van der Waals surface area contributed by atoms with Crippen molar-refractivity contribution in [1.29, 1.82) is 0 Å². The topological polar surface area (TPSA) is 103 Å². The molecule has 7 nitrogen and oxygen atoms in total. The quantitative estimate of drug-likeness (QED) is 0.328. The Morgan fingerprint density at radius 1 is 1.14 bits per heavy atom. The molecule has 1 amide bonds. The van der Waals surface area contributed by atoms with Gasteiger partial charge in [-0.1, -0.05) is 23.7 Å². The normalized spacial score (nSPS) is 15.6. The number of amides is 1. The van der Waals surface area contributed by atoms with Crippen molar-refractivity contribution in [3.05, 3.63) is 94.1 Å². The Balaban J connectivity index is 1.41. The molecule has 5 rings (SSSR count). The molecular weight excluding hydrogens is 524 g/mol. The Morgan fingerprint density at radius 2 is 1.95 bits per heavy atom. The van der Waals surface area contributed by atoms with Crippen LogP contribution >= 0.6 is 11.6 Å². The van der Waals surface area contributed by atoms with Crippen LogP contribution in [0.3, 0.4) is 0 Å². The van der Waals surface area contributed by atoms with E-state index in [4.69, 9.17) is 11.6 Å². The fraction of sp³-hybridized carbons (Fsp3) is 0.192. The van der Waals surface area contributed by atoms with E-state index in [-0.39, 0.29) is 24.6 Å². The minimum Gasteiger partial charge on any atom is -0.508 e. The molecule has 0 saturated heterocycles. The third-order valence-electron chi connectivity index (χ3n) is 6.41. The number of H-pyrrole nitrogens is 1. The lowest BCUT2D eigenvalue weighted by Gasteiger charge is -2.36. The van der Waals surface area contributed by atoms with Crippen molar-refractivity contribution in [3.8, 4) is 5.75 Å². The van der Waals surface area contributed by atoms with Crippen LogP contribution in [0.25, 0.3) is 10.9 Å². The highest BCUT2D eigenvalue weighted by Crippen LogP contribution is 2.40. The molecule has 1 aromatic heterocycles. The first kappa shape index (κ1) is 25.2. The molecule has 2 heterocycles. The average molecular weight is 546 g/mol. The lowest BCUT2D eigenvalue weighted by atomic mass is 9.92. The molecule has 1 atom stereocenters. The second-order valence-corrected chi connectivity index (χ2v) is 10.9. The zero-order valence-corrected chi connectivity index (χ0v) is 20.9. The molecule has 37 heavy (non-hydrogen) atoms. The largest absolute Gasteiger partial charge is 0.508 e. The predicted octanol–water partition coefficient (Wildman–Crippen LogP) is 4.65. The van der Waals surface area contributed by atoms with Crippen molar-refractivity contribution in [2.75, 3.05) is 13.1 Å². The Morgan fingerprint density at radius 3 is 2.70 bits per heavy atom. The molecule has 11 heteroatoms. The number of halogens is 3. The minimum atomic E-state index is -4.29. The smallest absolute Gasteiger partial charge is 0.243 e. The fourth-order valence-electron chi connectivity index (χ4n) is 4.78. The molecule has 3 N–H and O–H groups in total. The number of hydrogen-bond donors (Lipinski definition) is 3. The number of carbonyl (C=O) groups excluding carboxylic acids is 1. The van der Waals surface area contributed by atoms with Crippen molar-refractivity contribution in [1.82, 2.24) is 14.6 Å². The highest BCUT2D eigenvalue weighted by Gasteiger charge is 2.34. The summed E-state index contributed by atoms with van der Waals surface area (Å²) in [5, 5.41) is 11.7. The van der Waals surface area contributed by atoms with Gasteiger partial charge < -0.3 is 15.0 Å². The number of sulfonamides is 1. The number of carbonyl (C=O) groups is 1. The standard InChI is InChI=1S/C26H22ClF2N3O4S/c27-16-4-6-22-20(13-16)19-9-11-32(26(25(19)31-22)15-2-1-3-18(33)12-15)24(34)8-10-30-37(35,36)23-7-5-17(28)14-21(23)29/h1-7,12-14,26,30-31,33H,8-11H2. The third kappa shape index (κ3) is 4.92. The van der Waals surface area contributed by atoms with Gasteiger partial charge in [-0.15, -0.1) is 0 Å². The zero-order valence-electron chi connectivity index (χ0n) is 19.3. The SMILES string of the molecule is O=C(CCNS(=O)(=O)c1ccc(F)cc1F)N1CCc2c([nH]c3ccc(Cl)cc23)C1c1cccc(O)c1. The number of rotatable bonds is 6. The Bertz CT molecular complexity index is 1620. The lowest BCUT2D eigenvalue weighted by Crippen LogP contribution is -2.42. The van der Waals surface area contributed by atoms with Gasteiger partial charge in [0.15, 0.2) is 0 Å². The number of benzene rings is 3. The van der Waals surface area contributed by atoms with Gasteiger partial charge in [0.2, 0.25) is 15.9 Å². The van der Waals surface area contributed by atoms with Crippen LogP contribution < -0.4 is 4.72 Å². The maximum atomic E-state index is 14.0. The first-order chi connectivity index (χ1) is 17.6. The van der Waals surface area contributed by atoms with E-state index in [2.05, 4.69) is 9.71 Å². The van der Waals surface area contributed by atoms with Crippen molar-refractivity contribution >= 4 is 38.4 Å². The van der Waals surface area contributed by atoms with Gasteiger partial charge in [0.25, 0.3) is 0 Å². The molecule has 1 aliphatic rings.